The molecule has 2 aromatic carbocycles. The number of nitrogens with one attached hydrogen (secondary N) is 1. The van der Waals surface area contributed by atoms with Gasteiger partial charge in [-0.05, 0) is 41.5 Å². The first-order chi connectivity index (χ1) is 15.2. The molecule has 8 heteroatoms. The van der Waals surface area contributed by atoms with Crippen molar-refractivity contribution in [3.8, 4) is 11.1 Å². The van der Waals surface area contributed by atoms with E-state index in [2.05, 4.69) is 14.8 Å². The van der Waals surface area contributed by atoms with Crippen LogP contribution < -0.4 is 10.2 Å². The quantitative estimate of drug-likeness (QED) is 0.464. The van der Waals surface area contributed by atoms with E-state index >= 15 is 0 Å². The summed E-state index contributed by atoms with van der Waals surface area (Å²) in [5.74, 6) is 0.246. The van der Waals surface area contributed by atoms with Crippen LogP contribution in [0.5, 0.6) is 0 Å². The van der Waals surface area contributed by atoms with Crippen LogP contribution in [0.15, 0.2) is 59.8 Å². The second kappa shape index (κ2) is 8.80. The first-order valence-corrected chi connectivity index (χ1v) is 12.2. The normalized spacial score (nSPS) is 12.1. The van der Waals surface area contributed by atoms with Crippen molar-refractivity contribution in [3.63, 3.8) is 0 Å². The second-order valence-electron chi connectivity index (χ2n) is 8.48. The maximum absolute atomic E-state index is 13.4. The van der Waals surface area contributed by atoms with Crippen molar-refractivity contribution in [2.75, 3.05) is 6.54 Å². The average Bonchev–Trinajstić information content (AvgIpc) is 3.12. The zero-order valence-electron chi connectivity index (χ0n) is 18.4. The predicted molar refractivity (Wildman–Crippen MR) is 128 cm³/mol. The zero-order chi connectivity index (χ0) is 22.9. The highest BCUT2D eigenvalue weighted by atomic mass is 32.2. The number of hydrogen-bond donors (Lipinski definition) is 1. The smallest absolute Gasteiger partial charge is 0.215 e. The van der Waals surface area contributed by atoms with Gasteiger partial charge in [0.1, 0.15) is 0 Å². The van der Waals surface area contributed by atoms with Crippen LogP contribution in [0, 0.1) is 5.92 Å². The molecule has 0 saturated heterocycles. The van der Waals surface area contributed by atoms with Crippen LogP contribution in [-0.2, 0) is 22.8 Å². The molecule has 0 fully saturated rings. The maximum Gasteiger partial charge on any atom is 0.215 e. The molecule has 0 atom stereocenters. The fraction of sp³-hybridized carbons (Fsp3) is 0.292. The molecule has 0 radical (unpaired) electrons. The van der Waals surface area contributed by atoms with Crippen LogP contribution in [0.3, 0.4) is 0 Å². The first-order valence-electron chi connectivity index (χ1n) is 10.5. The average molecular weight is 451 g/mol. The summed E-state index contributed by atoms with van der Waals surface area (Å²) in [5.41, 5.74) is 2.66. The number of nitrogens with zero attached hydrogens (tertiary/aromatic N) is 3. The summed E-state index contributed by atoms with van der Waals surface area (Å²) in [6.07, 6.45) is 6.09. The summed E-state index contributed by atoms with van der Waals surface area (Å²) in [4.78, 5) is 17.9. The summed E-state index contributed by atoms with van der Waals surface area (Å²) >= 11 is 0. The monoisotopic (exact) mass is 450 g/mol. The van der Waals surface area contributed by atoms with E-state index < -0.39 is 10.0 Å². The molecular weight excluding hydrogens is 424 g/mol. The second-order valence-corrected chi connectivity index (χ2v) is 10.3. The Morgan fingerprint density at radius 3 is 2.53 bits per heavy atom. The summed E-state index contributed by atoms with van der Waals surface area (Å²) in [5, 5.41) is 5.88. The molecule has 0 aliphatic heterocycles. The number of hydrogen-bond acceptors (Lipinski definition) is 5. The standard InChI is InChI=1S/C24H26N4O3S/c1-16(2)8-9-27-32(30,31)15-17-4-5-18-6-7-23-22(24(29)21(18)10-17)11-19(12-25-23)20-13-26-28(3)14-20/h4-7,10-14,16,27H,8-9,15H2,1-3H3. The largest absolute Gasteiger partial charge is 0.289 e. The lowest BCUT2D eigenvalue weighted by molar-refractivity contribution is 0.551. The molecular formula is C24H26N4O3S. The lowest BCUT2D eigenvalue weighted by Crippen LogP contribution is -2.27. The van der Waals surface area contributed by atoms with Crippen molar-refractivity contribution in [1.82, 2.24) is 19.5 Å². The summed E-state index contributed by atoms with van der Waals surface area (Å²) < 4.78 is 29.3. The Morgan fingerprint density at radius 2 is 1.81 bits per heavy atom. The van der Waals surface area contributed by atoms with Gasteiger partial charge in [0.25, 0.3) is 0 Å². The summed E-state index contributed by atoms with van der Waals surface area (Å²) in [6, 6.07) is 10.7. The SMILES string of the molecule is CC(C)CCNS(=O)(=O)Cc1ccc2ccc3ncc(-c4cnn(C)c4)cc3c(=O)c2c1. The van der Waals surface area contributed by atoms with Crippen molar-refractivity contribution in [2.24, 2.45) is 13.0 Å². The van der Waals surface area contributed by atoms with E-state index in [1.54, 1.807) is 35.3 Å². The van der Waals surface area contributed by atoms with Crippen molar-refractivity contribution in [1.29, 1.82) is 0 Å². The van der Waals surface area contributed by atoms with Gasteiger partial charge in [0.2, 0.25) is 10.0 Å². The van der Waals surface area contributed by atoms with Crippen molar-refractivity contribution >= 4 is 31.7 Å². The Labute approximate surface area is 187 Å². The van der Waals surface area contributed by atoms with Gasteiger partial charge in [-0.25, -0.2) is 13.1 Å². The molecule has 2 heterocycles. The molecule has 0 bridgehead atoms. The Morgan fingerprint density at radius 1 is 1.03 bits per heavy atom. The molecule has 0 unspecified atom stereocenters. The maximum atomic E-state index is 13.4. The Balaban J connectivity index is 1.75. The molecule has 0 aliphatic rings. The minimum atomic E-state index is -3.49. The molecule has 166 valence electrons. The van der Waals surface area contributed by atoms with Crippen LogP contribution in [-0.4, -0.2) is 29.7 Å². The van der Waals surface area contributed by atoms with E-state index in [1.807, 2.05) is 45.3 Å². The minimum absolute atomic E-state index is 0.170. The van der Waals surface area contributed by atoms with Gasteiger partial charge >= 0.3 is 0 Å². The minimum Gasteiger partial charge on any atom is -0.289 e. The number of benzene rings is 1. The lowest BCUT2D eigenvalue weighted by Gasteiger charge is -2.08. The number of fused-ring (bicyclic) bond motifs is 2. The zero-order valence-corrected chi connectivity index (χ0v) is 19.2. The summed E-state index contributed by atoms with van der Waals surface area (Å²) in [7, 11) is -1.65. The molecule has 1 N–H and O–H groups in total. The third-order valence-electron chi connectivity index (χ3n) is 5.38. The van der Waals surface area contributed by atoms with Crippen LogP contribution in [0.4, 0.5) is 0 Å². The molecule has 0 aliphatic carbocycles. The van der Waals surface area contributed by atoms with E-state index in [0.29, 0.717) is 34.3 Å². The van der Waals surface area contributed by atoms with Gasteiger partial charge in [-0.1, -0.05) is 32.0 Å². The van der Waals surface area contributed by atoms with Crippen molar-refractivity contribution in [3.05, 3.63) is 70.8 Å². The van der Waals surface area contributed by atoms with Crippen LogP contribution in [0.1, 0.15) is 25.8 Å². The van der Waals surface area contributed by atoms with Gasteiger partial charge in [-0.3, -0.25) is 14.5 Å². The first kappa shape index (κ1) is 22.1. The highest BCUT2D eigenvalue weighted by molar-refractivity contribution is 7.88. The van der Waals surface area contributed by atoms with Gasteiger partial charge in [0.15, 0.2) is 5.43 Å². The van der Waals surface area contributed by atoms with E-state index in [0.717, 1.165) is 22.9 Å². The lowest BCUT2D eigenvalue weighted by atomic mass is 10.1. The molecule has 0 spiro atoms. The third-order valence-corrected chi connectivity index (χ3v) is 6.74. The van der Waals surface area contributed by atoms with Crippen LogP contribution >= 0.6 is 0 Å². The van der Waals surface area contributed by atoms with Crippen LogP contribution in [0.2, 0.25) is 0 Å². The van der Waals surface area contributed by atoms with E-state index in [9.17, 15) is 13.2 Å². The Bertz CT molecular complexity index is 1460. The highest BCUT2D eigenvalue weighted by Crippen LogP contribution is 2.22. The van der Waals surface area contributed by atoms with Gasteiger partial charge in [-0.2, -0.15) is 5.10 Å². The van der Waals surface area contributed by atoms with E-state index in [-0.39, 0.29) is 11.2 Å². The van der Waals surface area contributed by atoms with E-state index in [4.69, 9.17) is 0 Å². The summed E-state index contributed by atoms with van der Waals surface area (Å²) in [6.45, 7) is 4.50. The Kier molecular flexibility index (Phi) is 6.08. The van der Waals surface area contributed by atoms with Crippen molar-refractivity contribution < 1.29 is 8.42 Å². The van der Waals surface area contributed by atoms with Gasteiger partial charge in [-0.15, -0.1) is 0 Å². The molecule has 32 heavy (non-hydrogen) atoms. The van der Waals surface area contributed by atoms with Gasteiger partial charge in [0, 0.05) is 47.9 Å². The molecule has 7 nitrogen and oxygen atoms in total. The fourth-order valence-electron chi connectivity index (χ4n) is 3.64. The van der Waals surface area contributed by atoms with Crippen LogP contribution in [0.25, 0.3) is 32.8 Å². The van der Waals surface area contributed by atoms with Gasteiger partial charge in [0.05, 0.1) is 17.5 Å². The fourth-order valence-corrected chi connectivity index (χ4v) is 4.79. The van der Waals surface area contributed by atoms with Gasteiger partial charge < -0.3 is 0 Å². The number of sulfonamides is 1. The topological polar surface area (TPSA) is 93.9 Å². The third kappa shape index (κ3) is 4.87. The number of aryl methyl sites for hydroxylation is 1. The highest BCUT2D eigenvalue weighted by Gasteiger charge is 2.13. The number of rotatable bonds is 7. The van der Waals surface area contributed by atoms with E-state index in [1.165, 1.54) is 0 Å². The molecule has 4 aromatic rings. The molecule has 0 saturated carbocycles. The number of aromatic nitrogens is 3. The predicted octanol–water partition coefficient (Wildman–Crippen LogP) is 3.61. The Hall–Kier alpha value is -3.10. The molecule has 4 rings (SSSR count). The van der Waals surface area contributed by atoms with Crippen molar-refractivity contribution in [2.45, 2.75) is 26.0 Å². The molecule has 0 amide bonds. The number of pyridine rings is 1. The molecule has 2 aromatic heterocycles.